The number of carbonyl (C=O) groups excluding carboxylic acids is 1. The Morgan fingerprint density at radius 3 is 2.41 bits per heavy atom. The third-order valence-electron chi connectivity index (χ3n) is 2.65. The van der Waals surface area contributed by atoms with Gasteiger partial charge in [-0.1, -0.05) is 0 Å². The molecule has 1 rings (SSSR count). The zero-order valence-corrected chi connectivity index (χ0v) is 14.2. The van der Waals surface area contributed by atoms with Gasteiger partial charge in [0, 0.05) is 31.0 Å². The van der Waals surface area contributed by atoms with E-state index < -0.39 is 11.7 Å². The summed E-state index contributed by atoms with van der Waals surface area (Å²) >= 11 is 0. The Labute approximate surface area is 131 Å². The molecular formula is C15H26N4O3. The van der Waals surface area contributed by atoms with Gasteiger partial charge < -0.3 is 19.9 Å². The van der Waals surface area contributed by atoms with E-state index in [9.17, 15) is 9.59 Å². The molecule has 1 aromatic heterocycles. The lowest BCUT2D eigenvalue weighted by molar-refractivity contribution is 0.0530. The second-order valence-corrected chi connectivity index (χ2v) is 6.98. The molecule has 0 spiro atoms. The lowest BCUT2D eigenvalue weighted by atomic mass is 10.1. The molecule has 124 valence electrons. The molecule has 0 unspecified atom stereocenters. The average Bonchev–Trinajstić information content (AvgIpc) is 2.32. The summed E-state index contributed by atoms with van der Waals surface area (Å²) in [4.78, 5) is 27.8. The monoisotopic (exact) mass is 310 g/mol. The van der Waals surface area contributed by atoms with Crippen LogP contribution < -0.4 is 16.2 Å². The van der Waals surface area contributed by atoms with Crippen LogP contribution in [0.15, 0.2) is 17.2 Å². The first kappa shape index (κ1) is 18.0. The minimum atomic E-state index is -0.529. The van der Waals surface area contributed by atoms with E-state index in [2.05, 4.69) is 15.6 Å². The third-order valence-corrected chi connectivity index (χ3v) is 2.65. The highest BCUT2D eigenvalue weighted by atomic mass is 16.6. The van der Waals surface area contributed by atoms with E-state index >= 15 is 0 Å². The predicted octanol–water partition coefficient (Wildman–Crippen LogP) is 1.93. The van der Waals surface area contributed by atoms with Crippen molar-refractivity contribution in [3.63, 3.8) is 0 Å². The number of anilines is 1. The fraction of sp³-hybridized carbons (Fsp3) is 0.667. The van der Waals surface area contributed by atoms with Crippen LogP contribution in [0.1, 0.15) is 41.5 Å². The summed E-state index contributed by atoms with van der Waals surface area (Å²) in [7, 11) is 0. The summed E-state index contributed by atoms with van der Waals surface area (Å²) in [5, 5.41) is 5.54. The maximum absolute atomic E-state index is 12.3. The number of alkyl carbamates (subject to hydrolysis) is 1. The Bertz CT molecular complexity index is 567. The van der Waals surface area contributed by atoms with Crippen molar-refractivity contribution in [3.8, 4) is 0 Å². The Hall–Kier alpha value is -2.05. The molecule has 0 saturated carbocycles. The van der Waals surface area contributed by atoms with Gasteiger partial charge in [0.2, 0.25) is 0 Å². The molecule has 0 atom stereocenters. The Morgan fingerprint density at radius 2 is 1.86 bits per heavy atom. The van der Waals surface area contributed by atoms with Crippen LogP contribution in [0.25, 0.3) is 0 Å². The lowest BCUT2D eigenvalue weighted by Gasteiger charge is -2.22. The highest BCUT2D eigenvalue weighted by Gasteiger charge is 2.17. The molecule has 0 aliphatic rings. The fourth-order valence-electron chi connectivity index (χ4n) is 1.72. The van der Waals surface area contributed by atoms with E-state index in [1.54, 1.807) is 37.7 Å². The van der Waals surface area contributed by atoms with Crippen LogP contribution in [0.5, 0.6) is 0 Å². The first-order chi connectivity index (χ1) is 10.0. The van der Waals surface area contributed by atoms with Crippen molar-refractivity contribution in [2.45, 2.75) is 52.7 Å². The van der Waals surface area contributed by atoms with Crippen molar-refractivity contribution in [1.29, 1.82) is 0 Å². The minimum absolute atomic E-state index is 0.188. The molecule has 0 bridgehead atoms. The van der Waals surface area contributed by atoms with Gasteiger partial charge in [0.05, 0.1) is 0 Å². The number of hydrogen-bond donors (Lipinski definition) is 2. The summed E-state index contributed by atoms with van der Waals surface area (Å²) in [6.45, 7) is 12.0. The summed E-state index contributed by atoms with van der Waals surface area (Å²) in [5.74, 6) is 0.267. The molecule has 0 saturated heterocycles. The Kier molecular flexibility index (Phi) is 5.57. The number of amides is 1. The van der Waals surface area contributed by atoms with Crippen molar-refractivity contribution in [2.75, 3.05) is 18.4 Å². The second kappa shape index (κ2) is 6.81. The third kappa shape index (κ3) is 5.75. The largest absolute Gasteiger partial charge is 0.444 e. The quantitative estimate of drug-likeness (QED) is 0.830. The van der Waals surface area contributed by atoms with Crippen LogP contribution in [-0.2, 0) is 10.3 Å². The summed E-state index contributed by atoms with van der Waals surface area (Å²) in [5.41, 5.74) is -1.03. The smallest absolute Gasteiger partial charge is 0.407 e. The average molecular weight is 310 g/mol. The molecule has 7 heteroatoms. The molecule has 2 N–H and O–H groups in total. The maximum atomic E-state index is 12.3. The van der Waals surface area contributed by atoms with E-state index in [1.807, 2.05) is 20.8 Å². The molecule has 0 aliphatic carbocycles. The SMILES string of the molecule is CC(C)(C)OC(=O)NCCNc1nccn(C(C)(C)C)c1=O. The Morgan fingerprint density at radius 1 is 1.23 bits per heavy atom. The molecule has 22 heavy (non-hydrogen) atoms. The summed E-state index contributed by atoms with van der Waals surface area (Å²) < 4.78 is 6.73. The minimum Gasteiger partial charge on any atom is -0.444 e. The highest BCUT2D eigenvalue weighted by Crippen LogP contribution is 2.10. The summed E-state index contributed by atoms with van der Waals surface area (Å²) in [6.07, 6.45) is 2.75. The van der Waals surface area contributed by atoms with E-state index in [-0.39, 0.29) is 16.9 Å². The van der Waals surface area contributed by atoms with Crippen LogP contribution in [0.3, 0.4) is 0 Å². The number of nitrogens with one attached hydrogen (secondary N) is 2. The molecule has 7 nitrogen and oxygen atoms in total. The molecule has 0 aliphatic heterocycles. The van der Waals surface area contributed by atoms with Crippen LogP contribution >= 0.6 is 0 Å². The zero-order valence-electron chi connectivity index (χ0n) is 14.2. The van der Waals surface area contributed by atoms with Gasteiger partial charge in [0.25, 0.3) is 5.56 Å². The van der Waals surface area contributed by atoms with Crippen molar-refractivity contribution < 1.29 is 9.53 Å². The van der Waals surface area contributed by atoms with Gasteiger partial charge in [-0.25, -0.2) is 9.78 Å². The van der Waals surface area contributed by atoms with Crippen LogP contribution in [0.2, 0.25) is 0 Å². The number of carbonyl (C=O) groups is 1. The standard InChI is InChI=1S/C15H26N4O3/c1-14(2,3)19-10-9-17-11(12(19)20)16-7-8-18-13(21)22-15(4,5)6/h9-10H,7-8H2,1-6H3,(H,16,17)(H,18,21). The molecule has 0 fully saturated rings. The van der Waals surface area contributed by atoms with Gasteiger partial charge >= 0.3 is 6.09 Å². The highest BCUT2D eigenvalue weighted by molar-refractivity contribution is 5.67. The van der Waals surface area contributed by atoms with E-state index in [0.29, 0.717) is 13.1 Å². The zero-order chi connectivity index (χ0) is 17.0. The van der Waals surface area contributed by atoms with Gasteiger partial charge in [-0.2, -0.15) is 0 Å². The van der Waals surface area contributed by atoms with Crippen LogP contribution in [0, 0.1) is 0 Å². The predicted molar refractivity (Wildman–Crippen MR) is 86.2 cm³/mol. The first-order valence-electron chi connectivity index (χ1n) is 7.29. The van der Waals surface area contributed by atoms with Gasteiger partial charge in [0.1, 0.15) is 5.60 Å². The summed E-state index contributed by atoms with van der Waals surface area (Å²) in [6, 6.07) is 0. The molecule has 1 heterocycles. The van der Waals surface area contributed by atoms with Crippen molar-refractivity contribution in [2.24, 2.45) is 0 Å². The fourth-order valence-corrected chi connectivity index (χ4v) is 1.72. The van der Waals surface area contributed by atoms with Gasteiger partial charge in [-0.05, 0) is 41.5 Å². The second-order valence-electron chi connectivity index (χ2n) is 6.98. The lowest BCUT2D eigenvalue weighted by Crippen LogP contribution is -2.37. The number of hydrogen-bond acceptors (Lipinski definition) is 5. The molecule has 0 radical (unpaired) electrons. The number of ether oxygens (including phenoxy) is 1. The maximum Gasteiger partial charge on any atom is 0.407 e. The van der Waals surface area contributed by atoms with Crippen LogP contribution in [-0.4, -0.2) is 34.3 Å². The van der Waals surface area contributed by atoms with Gasteiger partial charge in [-0.15, -0.1) is 0 Å². The molecule has 1 amide bonds. The van der Waals surface area contributed by atoms with Crippen molar-refractivity contribution in [1.82, 2.24) is 14.9 Å². The number of rotatable bonds is 4. The van der Waals surface area contributed by atoms with E-state index in [0.717, 1.165) is 0 Å². The van der Waals surface area contributed by atoms with Crippen molar-refractivity contribution in [3.05, 3.63) is 22.7 Å². The number of nitrogens with zero attached hydrogens (tertiary/aromatic N) is 2. The van der Waals surface area contributed by atoms with Crippen LogP contribution in [0.4, 0.5) is 10.6 Å². The normalized spacial score (nSPS) is 11.9. The van der Waals surface area contributed by atoms with E-state index in [1.165, 1.54) is 0 Å². The van der Waals surface area contributed by atoms with Crippen molar-refractivity contribution >= 4 is 11.9 Å². The topological polar surface area (TPSA) is 85.2 Å². The van der Waals surface area contributed by atoms with Gasteiger partial charge in [-0.3, -0.25) is 4.79 Å². The Balaban J connectivity index is 2.53. The van der Waals surface area contributed by atoms with E-state index in [4.69, 9.17) is 4.74 Å². The first-order valence-corrected chi connectivity index (χ1v) is 7.29. The number of aromatic nitrogens is 2. The molecule has 1 aromatic rings. The molecular weight excluding hydrogens is 284 g/mol. The van der Waals surface area contributed by atoms with Gasteiger partial charge in [0.15, 0.2) is 5.82 Å². The molecule has 0 aromatic carbocycles.